The van der Waals surface area contributed by atoms with Gasteiger partial charge < -0.3 is 4.42 Å². The highest BCUT2D eigenvalue weighted by atomic mass is 35.7. The highest BCUT2D eigenvalue weighted by Crippen LogP contribution is 2.42. The Balaban J connectivity index is 3.33. The normalized spacial score (nSPS) is 15.3. The van der Waals surface area contributed by atoms with E-state index in [-0.39, 0.29) is 5.76 Å². The van der Waals surface area contributed by atoms with Crippen LogP contribution in [0.4, 0.5) is 13.2 Å². The Kier molecular flexibility index (Phi) is 3.06. The molecule has 0 aromatic carbocycles. The second-order valence-electron chi connectivity index (χ2n) is 2.83. The topological polar surface area (TPSA) is 47.3 Å². The number of alkyl halides is 3. The Labute approximate surface area is 88.2 Å². The summed E-state index contributed by atoms with van der Waals surface area (Å²) in [5, 5.41) is -2.74. The molecule has 1 heterocycles. The molecule has 1 rings (SSSR count). The standard InChI is InChI=1S/C7H6ClF3O3S/c1-4-5(2-3-14-4)6(7(9,10)11)15(8,12)13/h2-3,6H,1H3. The van der Waals surface area contributed by atoms with E-state index in [1.165, 1.54) is 6.92 Å². The van der Waals surface area contributed by atoms with Gasteiger partial charge in [0.1, 0.15) is 5.76 Å². The number of hydrogen-bond acceptors (Lipinski definition) is 3. The largest absolute Gasteiger partial charge is 0.469 e. The second-order valence-corrected chi connectivity index (χ2v) is 5.54. The lowest BCUT2D eigenvalue weighted by Gasteiger charge is -2.16. The molecule has 8 heteroatoms. The van der Waals surface area contributed by atoms with E-state index in [9.17, 15) is 21.6 Å². The SMILES string of the molecule is Cc1occc1C(C(F)(F)F)S(=O)(=O)Cl. The van der Waals surface area contributed by atoms with E-state index >= 15 is 0 Å². The van der Waals surface area contributed by atoms with Gasteiger partial charge in [-0.2, -0.15) is 13.2 Å². The van der Waals surface area contributed by atoms with Crippen molar-refractivity contribution >= 4 is 19.7 Å². The van der Waals surface area contributed by atoms with Crippen LogP contribution in [-0.2, 0) is 9.05 Å². The molecular formula is C7H6ClF3O3S. The molecule has 0 spiro atoms. The minimum Gasteiger partial charge on any atom is -0.469 e. The van der Waals surface area contributed by atoms with Crippen LogP contribution in [0, 0.1) is 6.92 Å². The molecule has 0 bridgehead atoms. The van der Waals surface area contributed by atoms with Gasteiger partial charge in [-0.25, -0.2) is 8.42 Å². The fourth-order valence-corrected chi connectivity index (χ4v) is 2.61. The molecule has 0 N–H and O–H groups in total. The van der Waals surface area contributed by atoms with Crippen LogP contribution in [0.5, 0.6) is 0 Å². The van der Waals surface area contributed by atoms with Gasteiger partial charge in [-0.1, -0.05) is 0 Å². The van der Waals surface area contributed by atoms with Crippen molar-refractivity contribution in [3.8, 4) is 0 Å². The van der Waals surface area contributed by atoms with Gasteiger partial charge in [-0.05, 0) is 13.0 Å². The maximum absolute atomic E-state index is 12.5. The fourth-order valence-electron chi connectivity index (χ4n) is 1.15. The minimum atomic E-state index is -4.96. The van der Waals surface area contributed by atoms with E-state index in [1.807, 2.05) is 0 Å². The molecule has 15 heavy (non-hydrogen) atoms. The summed E-state index contributed by atoms with van der Waals surface area (Å²) in [7, 11) is -0.0231. The molecule has 3 nitrogen and oxygen atoms in total. The van der Waals surface area contributed by atoms with Crippen LogP contribution >= 0.6 is 10.7 Å². The smallest absolute Gasteiger partial charge is 0.410 e. The zero-order valence-corrected chi connectivity index (χ0v) is 8.95. The van der Waals surface area contributed by atoms with Gasteiger partial charge in [0.2, 0.25) is 9.05 Å². The first-order valence-corrected chi connectivity index (χ1v) is 6.05. The fraction of sp³-hybridized carbons (Fsp3) is 0.429. The molecule has 86 valence electrons. The first-order valence-electron chi connectivity index (χ1n) is 3.68. The zero-order valence-electron chi connectivity index (χ0n) is 7.38. The number of aryl methyl sites for hydroxylation is 1. The van der Waals surface area contributed by atoms with Gasteiger partial charge in [0.15, 0.2) is 5.25 Å². The van der Waals surface area contributed by atoms with Crippen molar-refractivity contribution in [2.24, 2.45) is 0 Å². The van der Waals surface area contributed by atoms with Crippen LogP contribution in [0.2, 0.25) is 0 Å². The van der Waals surface area contributed by atoms with Gasteiger partial charge in [0.25, 0.3) is 0 Å². The van der Waals surface area contributed by atoms with E-state index in [0.29, 0.717) is 0 Å². The molecule has 0 aliphatic heterocycles. The molecular weight excluding hydrogens is 257 g/mol. The minimum absolute atomic E-state index is 0.124. The molecule has 0 saturated heterocycles. The Morgan fingerprint density at radius 2 is 2.00 bits per heavy atom. The summed E-state index contributed by atoms with van der Waals surface area (Å²) in [5.74, 6) is -0.124. The Hall–Kier alpha value is -0.690. The van der Waals surface area contributed by atoms with E-state index in [2.05, 4.69) is 4.42 Å². The second kappa shape index (κ2) is 3.71. The lowest BCUT2D eigenvalue weighted by atomic mass is 10.2. The highest BCUT2D eigenvalue weighted by Gasteiger charge is 2.50. The van der Waals surface area contributed by atoms with Crippen molar-refractivity contribution in [3.63, 3.8) is 0 Å². The third kappa shape index (κ3) is 2.66. The third-order valence-electron chi connectivity index (χ3n) is 1.76. The molecule has 1 unspecified atom stereocenters. The summed E-state index contributed by atoms with van der Waals surface area (Å²) in [5.41, 5.74) is -0.488. The summed E-state index contributed by atoms with van der Waals surface area (Å²) in [6, 6.07) is 0.938. The predicted octanol–water partition coefficient (Wildman–Crippen LogP) is 2.76. The lowest BCUT2D eigenvalue weighted by Crippen LogP contribution is -2.26. The molecule has 0 saturated carbocycles. The van der Waals surface area contributed by atoms with Gasteiger partial charge in [-0.3, -0.25) is 0 Å². The van der Waals surface area contributed by atoms with Gasteiger partial charge >= 0.3 is 6.18 Å². The number of rotatable bonds is 2. The van der Waals surface area contributed by atoms with Crippen molar-refractivity contribution < 1.29 is 26.0 Å². The summed E-state index contributed by atoms with van der Waals surface area (Å²) in [6.45, 7) is 1.23. The van der Waals surface area contributed by atoms with E-state index in [1.54, 1.807) is 0 Å². The average Bonchev–Trinajstić information content (AvgIpc) is 2.30. The van der Waals surface area contributed by atoms with Crippen LogP contribution < -0.4 is 0 Å². The van der Waals surface area contributed by atoms with Gasteiger partial charge in [0, 0.05) is 16.2 Å². The molecule has 1 aromatic rings. The van der Waals surface area contributed by atoms with Crippen molar-refractivity contribution in [2.75, 3.05) is 0 Å². The lowest BCUT2D eigenvalue weighted by molar-refractivity contribution is -0.131. The van der Waals surface area contributed by atoms with Gasteiger partial charge in [0.05, 0.1) is 6.26 Å². The number of hydrogen-bond donors (Lipinski definition) is 0. The number of halogens is 4. The molecule has 0 aliphatic rings. The Morgan fingerprint density at radius 3 is 2.27 bits per heavy atom. The molecule has 1 aromatic heterocycles. The average molecular weight is 263 g/mol. The first kappa shape index (κ1) is 12.4. The monoisotopic (exact) mass is 262 g/mol. The van der Waals surface area contributed by atoms with Gasteiger partial charge in [-0.15, -0.1) is 0 Å². The maximum Gasteiger partial charge on any atom is 0.410 e. The Bertz CT molecular complexity index is 448. The van der Waals surface area contributed by atoms with Crippen LogP contribution in [0.25, 0.3) is 0 Å². The van der Waals surface area contributed by atoms with Crippen molar-refractivity contribution in [1.29, 1.82) is 0 Å². The van der Waals surface area contributed by atoms with Crippen LogP contribution in [-0.4, -0.2) is 14.6 Å². The maximum atomic E-state index is 12.5. The van der Waals surface area contributed by atoms with E-state index < -0.39 is 26.0 Å². The third-order valence-corrected chi connectivity index (χ3v) is 3.38. The van der Waals surface area contributed by atoms with Crippen LogP contribution in [0.3, 0.4) is 0 Å². The molecule has 0 aliphatic carbocycles. The van der Waals surface area contributed by atoms with Crippen LogP contribution in [0.1, 0.15) is 16.6 Å². The van der Waals surface area contributed by atoms with Crippen LogP contribution in [0.15, 0.2) is 16.7 Å². The zero-order chi connectivity index (χ0) is 11.9. The van der Waals surface area contributed by atoms with E-state index in [4.69, 9.17) is 10.7 Å². The Morgan fingerprint density at radius 1 is 1.47 bits per heavy atom. The summed E-state index contributed by atoms with van der Waals surface area (Å²) < 4.78 is 63.6. The van der Waals surface area contributed by atoms with Crippen molar-refractivity contribution in [1.82, 2.24) is 0 Å². The van der Waals surface area contributed by atoms with Crippen molar-refractivity contribution in [3.05, 3.63) is 23.7 Å². The summed E-state index contributed by atoms with van der Waals surface area (Å²) >= 11 is 0. The quantitative estimate of drug-likeness (QED) is 0.770. The molecule has 1 atom stereocenters. The van der Waals surface area contributed by atoms with Crippen molar-refractivity contribution in [2.45, 2.75) is 18.3 Å². The highest BCUT2D eigenvalue weighted by molar-refractivity contribution is 8.14. The number of furan rings is 1. The summed E-state index contributed by atoms with van der Waals surface area (Å²) in [6.07, 6.45) is -3.99. The summed E-state index contributed by atoms with van der Waals surface area (Å²) in [4.78, 5) is 0. The first-order chi connectivity index (χ1) is 6.64. The van der Waals surface area contributed by atoms with E-state index in [0.717, 1.165) is 12.3 Å². The predicted molar refractivity (Wildman–Crippen MR) is 47.0 cm³/mol. The molecule has 0 amide bonds. The molecule has 0 fully saturated rings. The molecule has 0 radical (unpaired) electrons.